The Morgan fingerprint density at radius 3 is 2.25 bits per heavy atom. The van der Waals surface area contributed by atoms with Gasteiger partial charge in [-0.15, -0.1) is 0 Å². The molecule has 188 valence electrons. The average molecular weight is 494 g/mol. The summed E-state index contributed by atoms with van der Waals surface area (Å²) in [6.45, 7) is 0. The Balaban J connectivity index is 1.64. The van der Waals surface area contributed by atoms with Crippen LogP contribution in [0.25, 0.3) is 22.3 Å². The van der Waals surface area contributed by atoms with E-state index in [2.05, 4.69) is 0 Å². The Bertz CT molecular complexity index is 1230. The zero-order valence-electron chi connectivity index (χ0n) is 19.2. The van der Waals surface area contributed by atoms with Crippen molar-refractivity contribution in [3.05, 3.63) is 78.4 Å². The molecular formula is C27H27NO8. The van der Waals surface area contributed by atoms with Gasteiger partial charge in [0.25, 0.3) is 0 Å². The molecule has 0 spiro atoms. The number of aliphatic hydroxyl groups excluding tert-OH is 3. The molecule has 0 bridgehead atoms. The lowest BCUT2D eigenvalue weighted by atomic mass is 9.92. The highest BCUT2D eigenvalue weighted by Gasteiger charge is 2.48. The minimum Gasteiger partial charge on any atom is -0.479 e. The second-order valence-electron chi connectivity index (χ2n) is 8.59. The Kier molecular flexibility index (Phi) is 7.66. The van der Waals surface area contributed by atoms with E-state index >= 15 is 0 Å². The van der Waals surface area contributed by atoms with E-state index in [1.165, 1.54) is 0 Å². The molecule has 3 aromatic carbocycles. The van der Waals surface area contributed by atoms with E-state index in [0.717, 1.165) is 27.8 Å². The topological polar surface area (TPSA) is 160 Å². The quantitative estimate of drug-likeness (QED) is 0.317. The Hall–Kier alpha value is -3.76. The van der Waals surface area contributed by atoms with Crippen LogP contribution in [0.15, 0.2) is 72.8 Å². The number of carbonyl (C=O) groups excluding carboxylic acids is 1. The molecule has 0 saturated carbocycles. The Morgan fingerprint density at radius 1 is 0.833 bits per heavy atom. The lowest BCUT2D eigenvalue weighted by molar-refractivity contribution is -0.271. The Morgan fingerprint density at radius 2 is 1.56 bits per heavy atom. The zero-order chi connectivity index (χ0) is 25.8. The van der Waals surface area contributed by atoms with Gasteiger partial charge in [0.1, 0.15) is 24.1 Å². The fourth-order valence-corrected chi connectivity index (χ4v) is 4.17. The molecule has 0 unspecified atom stereocenters. The maximum atomic E-state index is 11.5. The van der Waals surface area contributed by atoms with Gasteiger partial charge in [-0.3, -0.25) is 4.79 Å². The zero-order valence-corrected chi connectivity index (χ0v) is 19.2. The molecule has 0 aromatic heterocycles. The van der Waals surface area contributed by atoms with Crippen LogP contribution in [-0.4, -0.2) is 63.0 Å². The first kappa shape index (κ1) is 25.3. The number of aryl methyl sites for hydroxylation is 1. The smallest absolute Gasteiger partial charge is 0.335 e. The van der Waals surface area contributed by atoms with Gasteiger partial charge in [-0.1, -0.05) is 60.7 Å². The lowest BCUT2D eigenvalue weighted by Crippen LogP contribution is -2.61. The highest BCUT2D eigenvalue weighted by atomic mass is 16.7. The fraction of sp³-hybridized carbons (Fsp3) is 0.259. The molecule has 1 saturated heterocycles. The summed E-state index contributed by atoms with van der Waals surface area (Å²) in [6, 6.07) is 22.5. The molecule has 3 aromatic rings. The van der Waals surface area contributed by atoms with E-state index < -0.39 is 42.6 Å². The number of rotatable bonds is 8. The first-order valence-electron chi connectivity index (χ1n) is 11.4. The number of carbonyl (C=O) groups is 2. The molecule has 1 amide bonds. The molecule has 1 aliphatic rings. The largest absolute Gasteiger partial charge is 0.479 e. The van der Waals surface area contributed by atoms with Gasteiger partial charge in [0.05, 0.1) is 0 Å². The van der Waals surface area contributed by atoms with Crippen LogP contribution in [0.2, 0.25) is 0 Å². The van der Waals surface area contributed by atoms with Crippen LogP contribution in [0.3, 0.4) is 0 Å². The molecule has 1 fully saturated rings. The van der Waals surface area contributed by atoms with Crippen LogP contribution in [0.4, 0.5) is 0 Å². The van der Waals surface area contributed by atoms with Crippen LogP contribution >= 0.6 is 0 Å². The molecule has 6 N–H and O–H groups in total. The number of primary amides is 1. The Labute approximate surface area is 207 Å². The van der Waals surface area contributed by atoms with Crippen molar-refractivity contribution < 1.29 is 39.5 Å². The van der Waals surface area contributed by atoms with E-state index in [1.54, 1.807) is 18.2 Å². The van der Waals surface area contributed by atoms with E-state index in [0.29, 0.717) is 6.42 Å². The van der Waals surface area contributed by atoms with Crippen LogP contribution in [0.1, 0.15) is 12.0 Å². The van der Waals surface area contributed by atoms with Gasteiger partial charge in [0.2, 0.25) is 12.2 Å². The molecule has 0 aliphatic carbocycles. The molecule has 0 radical (unpaired) electrons. The summed E-state index contributed by atoms with van der Waals surface area (Å²) in [5.74, 6) is -1.66. The molecule has 5 atom stereocenters. The average Bonchev–Trinajstić information content (AvgIpc) is 2.88. The molecule has 1 heterocycles. The summed E-state index contributed by atoms with van der Waals surface area (Å²) < 4.78 is 10.9. The van der Waals surface area contributed by atoms with Gasteiger partial charge >= 0.3 is 5.97 Å². The van der Waals surface area contributed by atoms with Gasteiger partial charge in [-0.05, 0) is 46.4 Å². The normalized spacial score (nSPS) is 23.7. The second-order valence-corrected chi connectivity index (χ2v) is 8.59. The maximum Gasteiger partial charge on any atom is 0.335 e. The summed E-state index contributed by atoms with van der Waals surface area (Å²) in [7, 11) is 0. The van der Waals surface area contributed by atoms with Crippen molar-refractivity contribution in [1.82, 2.24) is 0 Å². The number of hydrogen-bond donors (Lipinski definition) is 5. The van der Waals surface area contributed by atoms with Crippen molar-refractivity contribution in [3.63, 3.8) is 0 Å². The number of amides is 1. The van der Waals surface area contributed by atoms with Gasteiger partial charge in [0.15, 0.2) is 6.10 Å². The third kappa shape index (κ3) is 5.55. The number of aliphatic carboxylic acids is 1. The highest BCUT2D eigenvalue weighted by molar-refractivity contribution is 5.77. The number of nitrogens with two attached hydrogens (primary N) is 1. The van der Waals surface area contributed by atoms with Crippen molar-refractivity contribution in [2.24, 2.45) is 5.73 Å². The molecule has 4 rings (SSSR count). The van der Waals surface area contributed by atoms with Crippen molar-refractivity contribution in [2.45, 2.75) is 43.5 Å². The van der Waals surface area contributed by atoms with Crippen molar-refractivity contribution in [3.8, 4) is 28.0 Å². The second kappa shape index (κ2) is 10.9. The molecular weight excluding hydrogens is 466 g/mol. The minimum atomic E-state index is -1.81. The summed E-state index contributed by atoms with van der Waals surface area (Å²) in [4.78, 5) is 22.9. The third-order valence-corrected chi connectivity index (χ3v) is 6.06. The lowest BCUT2D eigenvalue weighted by Gasteiger charge is -2.38. The van der Waals surface area contributed by atoms with Gasteiger partial charge in [0, 0.05) is 6.42 Å². The summed E-state index contributed by atoms with van der Waals surface area (Å²) in [6.07, 6.45) is -7.93. The molecule has 1 aliphatic heterocycles. The first-order valence-corrected chi connectivity index (χ1v) is 11.4. The van der Waals surface area contributed by atoms with Crippen LogP contribution in [0.5, 0.6) is 5.75 Å². The van der Waals surface area contributed by atoms with E-state index in [4.69, 9.17) is 15.2 Å². The van der Waals surface area contributed by atoms with E-state index in [1.807, 2.05) is 54.6 Å². The monoisotopic (exact) mass is 493 g/mol. The predicted molar refractivity (Wildman–Crippen MR) is 130 cm³/mol. The standard InChI is InChI=1S/C27H27NO8/c28-21(29)12-10-18-13-16(15-5-2-1-3-6-15)9-11-20(18)17-7-4-8-19(14-17)35-27-24(32)22(30)23(31)25(36-27)26(33)34/h1-9,11,13-14,22-25,27,30-32H,10,12H2,(H2,28,29)(H,33,34)/t22-,23-,24+,25-,27+/m0/s1. The molecule has 36 heavy (non-hydrogen) atoms. The van der Waals surface area contributed by atoms with Crippen molar-refractivity contribution in [1.29, 1.82) is 0 Å². The van der Waals surface area contributed by atoms with E-state index in [9.17, 15) is 30.0 Å². The summed E-state index contributed by atoms with van der Waals surface area (Å²) in [5, 5.41) is 39.4. The third-order valence-electron chi connectivity index (χ3n) is 6.06. The fourth-order valence-electron chi connectivity index (χ4n) is 4.17. The minimum absolute atomic E-state index is 0.167. The van der Waals surface area contributed by atoms with Crippen molar-refractivity contribution >= 4 is 11.9 Å². The van der Waals surface area contributed by atoms with Crippen LogP contribution in [-0.2, 0) is 20.7 Å². The van der Waals surface area contributed by atoms with E-state index in [-0.39, 0.29) is 12.2 Å². The molecule has 9 heteroatoms. The number of carboxylic acids is 1. The predicted octanol–water partition coefficient (Wildman–Crippen LogP) is 1.71. The first-order chi connectivity index (χ1) is 17.2. The number of carboxylic acid groups (broad SMARTS) is 1. The number of hydrogen-bond acceptors (Lipinski definition) is 7. The van der Waals surface area contributed by atoms with Gasteiger partial charge in [-0.25, -0.2) is 4.79 Å². The maximum absolute atomic E-state index is 11.5. The molecule has 9 nitrogen and oxygen atoms in total. The van der Waals surface area contributed by atoms with Gasteiger partial charge in [-0.2, -0.15) is 0 Å². The van der Waals surface area contributed by atoms with Crippen LogP contribution < -0.4 is 10.5 Å². The van der Waals surface area contributed by atoms with Crippen LogP contribution in [0, 0.1) is 0 Å². The number of benzene rings is 3. The summed E-state index contributed by atoms with van der Waals surface area (Å²) in [5.41, 5.74) is 9.88. The number of ether oxygens (including phenoxy) is 2. The summed E-state index contributed by atoms with van der Waals surface area (Å²) >= 11 is 0. The van der Waals surface area contributed by atoms with Crippen molar-refractivity contribution in [2.75, 3.05) is 0 Å². The SMILES string of the molecule is NC(=O)CCc1cc(-c2ccccc2)ccc1-c1cccc(O[C@@H]2O[C@H](C(=O)O)[C@@H](O)[C@H](O)[C@H]2O)c1. The van der Waals surface area contributed by atoms with Gasteiger partial charge < -0.3 is 35.6 Å². The number of aliphatic hydroxyl groups is 3. The highest BCUT2D eigenvalue weighted by Crippen LogP contribution is 2.33.